The molecule has 0 bridgehead atoms. The number of rotatable bonds is 6. The third-order valence-electron chi connectivity index (χ3n) is 3.53. The summed E-state index contributed by atoms with van der Waals surface area (Å²) in [7, 11) is 0.0239. The quantitative estimate of drug-likeness (QED) is 0.813. The van der Waals surface area contributed by atoms with E-state index in [1.807, 2.05) is 19.2 Å². The first kappa shape index (κ1) is 13.5. The van der Waals surface area contributed by atoms with Crippen LogP contribution in [0.4, 0.5) is 0 Å². The molecule has 2 rings (SSSR count). The van der Waals surface area contributed by atoms with Crippen molar-refractivity contribution in [3.63, 3.8) is 0 Å². The van der Waals surface area contributed by atoms with E-state index in [9.17, 15) is 8.42 Å². The molecule has 100 valence electrons. The number of sulfonamides is 1. The van der Waals surface area contributed by atoms with Crippen molar-refractivity contribution in [1.29, 1.82) is 0 Å². The molecule has 1 atom stereocenters. The van der Waals surface area contributed by atoms with Crippen LogP contribution in [0, 0.1) is 5.92 Å². The Labute approximate surface area is 109 Å². The first-order chi connectivity index (χ1) is 8.58. The zero-order chi connectivity index (χ0) is 13.2. The van der Waals surface area contributed by atoms with Crippen molar-refractivity contribution in [3.05, 3.63) is 29.8 Å². The zero-order valence-electron chi connectivity index (χ0n) is 10.8. The highest BCUT2D eigenvalue weighted by molar-refractivity contribution is 7.89. The monoisotopic (exact) mass is 268 g/mol. The van der Waals surface area contributed by atoms with Crippen molar-refractivity contribution >= 4 is 10.0 Å². The van der Waals surface area contributed by atoms with Gasteiger partial charge in [0.2, 0.25) is 10.0 Å². The summed E-state index contributed by atoms with van der Waals surface area (Å²) in [5, 5.41) is 3.29. The van der Waals surface area contributed by atoms with Gasteiger partial charge < -0.3 is 5.32 Å². The molecule has 4 nitrogen and oxygen atoms in total. The van der Waals surface area contributed by atoms with Crippen molar-refractivity contribution in [1.82, 2.24) is 10.0 Å². The Hall–Kier alpha value is -0.910. The van der Waals surface area contributed by atoms with Crippen LogP contribution in [-0.4, -0.2) is 28.6 Å². The maximum Gasteiger partial charge on any atom is 0.240 e. The first-order valence-electron chi connectivity index (χ1n) is 6.27. The van der Waals surface area contributed by atoms with Crippen LogP contribution >= 0.6 is 0 Å². The molecule has 0 saturated heterocycles. The molecule has 0 spiro atoms. The summed E-state index contributed by atoms with van der Waals surface area (Å²) in [5.41, 5.74) is 0.887. The van der Waals surface area contributed by atoms with Gasteiger partial charge in [-0.1, -0.05) is 18.2 Å². The fraction of sp³-hybridized carbons (Fsp3) is 0.538. The second kappa shape index (κ2) is 5.38. The summed E-state index contributed by atoms with van der Waals surface area (Å²) >= 11 is 0. The predicted molar refractivity (Wildman–Crippen MR) is 72.0 cm³/mol. The van der Waals surface area contributed by atoms with Gasteiger partial charge in [-0.2, -0.15) is 0 Å². The first-order valence-corrected chi connectivity index (χ1v) is 7.75. The minimum absolute atomic E-state index is 0.373. The minimum Gasteiger partial charge on any atom is -0.316 e. The average molecular weight is 268 g/mol. The number of likely N-dealkylation sites (N-methyl/N-ethyl adjacent to an activating group) is 1. The zero-order valence-corrected chi connectivity index (χ0v) is 11.6. The van der Waals surface area contributed by atoms with Crippen molar-refractivity contribution in [2.24, 2.45) is 5.92 Å². The number of nitrogens with one attached hydrogen (secondary N) is 2. The summed E-state index contributed by atoms with van der Waals surface area (Å²) in [4.78, 5) is 0.397. The maximum absolute atomic E-state index is 11.9. The molecule has 0 amide bonds. The highest BCUT2D eigenvalue weighted by Gasteiger charge is 2.31. The predicted octanol–water partition coefficient (Wildman–Crippen LogP) is 1.14. The van der Waals surface area contributed by atoms with Crippen LogP contribution in [0.2, 0.25) is 0 Å². The summed E-state index contributed by atoms with van der Waals surface area (Å²) in [6.45, 7) is 0. The lowest BCUT2D eigenvalue weighted by Gasteiger charge is -2.17. The van der Waals surface area contributed by atoms with E-state index in [1.165, 1.54) is 19.9 Å². The fourth-order valence-corrected chi connectivity index (χ4v) is 3.26. The van der Waals surface area contributed by atoms with Crippen LogP contribution in [-0.2, 0) is 16.4 Å². The van der Waals surface area contributed by atoms with Crippen LogP contribution in [0.3, 0.4) is 0 Å². The largest absolute Gasteiger partial charge is 0.316 e. The fourth-order valence-electron chi connectivity index (χ4n) is 2.28. The van der Waals surface area contributed by atoms with E-state index in [2.05, 4.69) is 10.0 Å². The summed E-state index contributed by atoms with van der Waals surface area (Å²) in [6, 6.07) is 7.60. The molecule has 2 N–H and O–H groups in total. The highest BCUT2D eigenvalue weighted by Crippen LogP contribution is 2.34. The Bertz CT molecular complexity index is 509. The normalized spacial score (nSPS) is 17.7. The minimum atomic E-state index is -3.37. The Kier molecular flexibility index (Phi) is 4.04. The number of hydrogen-bond acceptors (Lipinski definition) is 3. The van der Waals surface area contributed by atoms with Gasteiger partial charge in [0.25, 0.3) is 0 Å². The van der Waals surface area contributed by atoms with Crippen LogP contribution in [0.25, 0.3) is 0 Å². The van der Waals surface area contributed by atoms with Gasteiger partial charge in [0.05, 0.1) is 4.90 Å². The molecule has 0 heterocycles. The van der Waals surface area contributed by atoms with Gasteiger partial charge >= 0.3 is 0 Å². The topological polar surface area (TPSA) is 58.2 Å². The molecule has 0 radical (unpaired) electrons. The van der Waals surface area contributed by atoms with E-state index >= 15 is 0 Å². The van der Waals surface area contributed by atoms with E-state index in [0.717, 1.165) is 12.0 Å². The molecular weight excluding hydrogens is 248 g/mol. The Morgan fingerprint density at radius 2 is 1.94 bits per heavy atom. The molecular formula is C13H20N2O2S. The molecule has 1 aromatic carbocycles. The van der Waals surface area contributed by atoms with Crippen LogP contribution in [0.1, 0.15) is 18.4 Å². The van der Waals surface area contributed by atoms with E-state index in [-0.39, 0.29) is 0 Å². The molecule has 1 aliphatic carbocycles. The third kappa shape index (κ3) is 2.91. The number of hydrogen-bond donors (Lipinski definition) is 2. The Morgan fingerprint density at radius 3 is 2.50 bits per heavy atom. The van der Waals surface area contributed by atoms with Gasteiger partial charge in [0.1, 0.15) is 0 Å². The molecule has 0 aliphatic heterocycles. The van der Waals surface area contributed by atoms with Gasteiger partial charge in [-0.15, -0.1) is 0 Å². The molecule has 1 saturated carbocycles. The number of benzene rings is 1. The molecule has 5 heteroatoms. The summed E-state index contributed by atoms with van der Waals surface area (Å²) in [5.74, 6) is 0.695. The molecule has 1 fully saturated rings. The van der Waals surface area contributed by atoms with Crippen molar-refractivity contribution < 1.29 is 8.42 Å². The molecule has 1 unspecified atom stereocenters. The van der Waals surface area contributed by atoms with E-state index in [4.69, 9.17) is 0 Å². The summed E-state index contributed by atoms with van der Waals surface area (Å²) in [6.07, 6.45) is 3.25. The molecule has 18 heavy (non-hydrogen) atoms. The Morgan fingerprint density at radius 1 is 1.28 bits per heavy atom. The van der Waals surface area contributed by atoms with E-state index < -0.39 is 10.0 Å². The molecule has 1 aromatic rings. The van der Waals surface area contributed by atoms with Crippen molar-refractivity contribution in [2.45, 2.75) is 30.2 Å². The van der Waals surface area contributed by atoms with Crippen molar-refractivity contribution in [3.8, 4) is 0 Å². The lowest BCUT2D eigenvalue weighted by molar-refractivity contribution is 0.496. The van der Waals surface area contributed by atoms with Gasteiger partial charge in [-0.25, -0.2) is 13.1 Å². The SMILES string of the molecule is CNC(Cc1ccccc1S(=O)(=O)NC)C1CC1. The third-order valence-corrected chi connectivity index (χ3v) is 5.05. The lowest BCUT2D eigenvalue weighted by Crippen LogP contribution is -2.31. The second-order valence-electron chi connectivity index (χ2n) is 4.75. The smallest absolute Gasteiger partial charge is 0.240 e. The van der Waals surface area contributed by atoms with Crippen LogP contribution in [0.5, 0.6) is 0 Å². The van der Waals surface area contributed by atoms with Gasteiger partial charge in [0, 0.05) is 6.04 Å². The highest BCUT2D eigenvalue weighted by atomic mass is 32.2. The van der Waals surface area contributed by atoms with Gasteiger partial charge in [-0.05, 0) is 50.9 Å². The maximum atomic E-state index is 11.9. The standard InChI is InChI=1S/C13H20N2O2S/c1-14-12(10-7-8-10)9-11-5-3-4-6-13(11)18(16,17)15-2/h3-6,10,12,14-15H,7-9H2,1-2H3. The van der Waals surface area contributed by atoms with Gasteiger partial charge in [0.15, 0.2) is 0 Å². The van der Waals surface area contributed by atoms with E-state index in [0.29, 0.717) is 16.9 Å². The summed E-state index contributed by atoms with van der Waals surface area (Å²) < 4.78 is 26.3. The average Bonchev–Trinajstić information content (AvgIpc) is 3.20. The Balaban J connectivity index is 2.27. The lowest BCUT2D eigenvalue weighted by atomic mass is 10.0. The molecule has 0 aromatic heterocycles. The van der Waals surface area contributed by atoms with Crippen molar-refractivity contribution in [2.75, 3.05) is 14.1 Å². The van der Waals surface area contributed by atoms with Gasteiger partial charge in [-0.3, -0.25) is 0 Å². The van der Waals surface area contributed by atoms with E-state index in [1.54, 1.807) is 12.1 Å². The second-order valence-corrected chi connectivity index (χ2v) is 6.61. The molecule has 1 aliphatic rings. The van der Waals surface area contributed by atoms with Crippen LogP contribution < -0.4 is 10.0 Å². The van der Waals surface area contributed by atoms with Crippen LogP contribution in [0.15, 0.2) is 29.2 Å².